The summed E-state index contributed by atoms with van der Waals surface area (Å²) in [5.41, 5.74) is 3.20. The van der Waals surface area contributed by atoms with Crippen LogP contribution in [0.2, 0.25) is 0 Å². The van der Waals surface area contributed by atoms with Crippen LogP contribution < -0.4 is 4.72 Å². The van der Waals surface area contributed by atoms with Gasteiger partial charge in [-0.1, -0.05) is 35.9 Å². The van der Waals surface area contributed by atoms with Gasteiger partial charge < -0.3 is 4.42 Å². The van der Waals surface area contributed by atoms with Crippen molar-refractivity contribution in [3.8, 4) is 11.5 Å². The quantitative estimate of drug-likeness (QED) is 0.746. The number of aryl methyl sites for hydroxylation is 1. The molecule has 6 heteroatoms. The Morgan fingerprint density at radius 2 is 2.00 bits per heavy atom. The smallest absolute Gasteiger partial charge is 0.216 e. The minimum Gasteiger partial charge on any atom is -0.463 e. The fraction of sp³-hybridized carbons (Fsp3) is 0.167. The Kier molecular flexibility index (Phi) is 4.78. The molecule has 124 valence electrons. The molecule has 0 aliphatic heterocycles. The lowest BCUT2D eigenvalue weighted by molar-refractivity contribution is 0.574. The highest BCUT2D eigenvalue weighted by Gasteiger charge is 2.14. The molecule has 5 nitrogen and oxygen atoms in total. The predicted octanol–water partition coefficient (Wildman–Crippen LogP) is 3.27. The van der Waals surface area contributed by atoms with Gasteiger partial charge in [0.1, 0.15) is 5.69 Å². The van der Waals surface area contributed by atoms with E-state index in [-0.39, 0.29) is 12.3 Å². The van der Waals surface area contributed by atoms with E-state index in [1.807, 2.05) is 37.3 Å². The van der Waals surface area contributed by atoms with Gasteiger partial charge in [-0.2, -0.15) is 0 Å². The van der Waals surface area contributed by atoms with Gasteiger partial charge in [0.25, 0.3) is 0 Å². The molecule has 2 heterocycles. The zero-order valence-corrected chi connectivity index (χ0v) is 14.1. The summed E-state index contributed by atoms with van der Waals surface area (Å²) in [6, 6.07) is 14.7. The van der Waals surface area contributed by atoms with E-state index in [1.54, 1.807) is 30.7 Å². The van der Waals surface area contributed by atoms with Gasteiger partial charge in [-0.3, -0.25) is 4.98 Å². The van der Waals surface area contributed by atoms with Crippen molar-refractivity contribution in [2.45, 2.75) is 19.2 Å². The van der Waals surface area contributed by atoms with E-state index >= 15 is 0 Å². The lowest BCUT2D eigenvalue weighted by Gasteiger charge is -2.09. The van der Waals surface area contributed by atoms with Crippen molar-refractivity contribution in [1.82, 2.24) is 9.71 Å². The van der Waals surface area contributed by atoms with Crippen molar-refractivity contribution in [3.05, 3.63) is 77.7 Å². The van der Waals surface area contributed by atoms with E-state index in [0.717, 1.165) is 16.7 Å². The minimum absolute atomic E-state index is 0.0506. The van der Waals surface area contributed by atoms with E-state index < -0.39 is 10.0 Å². The molecule has 0 aliphatic carbocycles. The van der Waals surface area contributed by atoms with Crippen LogP contribution in [0.15, 0.2) is 65.4 Å². The first-order valence-electron chi connectivity index (χ1n) is 7.54. The van der Waals surface area contributed by atoms with Crippen LogP contribution in [0, 0.1) is 6.92 Å². The molecular weight excluding hydrogens is 324 g/mol. The standard InChI is InChI=1S/C18H18N2O3S/c1-14-5-2-6-15(11-14)13-24(21,22)20-12-16-7-3-9-19-18(16)17-8-4-10-23-17/h2-11,20H,12-13H2,1H3. The highest BCUT2D eigenvalue weighted by Crippen LogP contribution is 2.21. The topological polar surface area (TPSA) is 72.2 Å². The Hall–Kier alpha value is -2.44. The Balaban J connectivity index is 1.74. The highest BCUT2D eigenvalue weighted by atomic mass is 32.2. The van der Waals surface area contributed by atoms with Crippen molar-refractivity contribution in [1.29, 1.82) is 0 Å². The van der Waals surface area contributed by atoms with Gasteiger partial charge in [0, 0.05) is 12.7 Å². The van der Waals surface area contributed by atoms with Gasteiger partial charge >= 0.3 is 0 Å². The van der Waals surface area contributed by atoms with Crippen molar-refractivity contribution >= 4 is 10.0 Å². The molecule has 1 N–H and O–H groups in total. The fourth-order valence-corrected chi connectivity index (χ4v) is 3.57. The number of sulfonamides is 1. The van der Waals surface area contributed by atoms with Crippen LogP contribution >= 0.6 is 0 Å². The number of furan rings is 1. The van der Waals surface area contributed by atoms with Crippen molar-refractivity contribution in [3.63, 3.8) is 0 Å². The van der Waals surface area contributed by atoms with Gasteiger partial charge in [0.15, 0.2) is 5.76 Å². The maximum Gasteiger partial charge on any atom is 0.216 e. The SMILES string of the molecule is Cc1cccc(CS(=O)(=O)NCc2cccnc2-c2ccco2)c1. The molecule has 0 saturated heterocycles. The van der Waals surface area contributed by atoms with Gasteiger partial charge in [0.2, 0.25) is 10.0 Å². The summed E-state index contributed by atoms with van der Waals surface area (Å²) in [6.07, 6.45) is 3.22. The summed E-state index contributed by atoms with van der Waals surface area (Å²) in [5, 5.41) is 0. The first-order chi connectivity index (χ1) is 11.5. The Morgan fingerprint density at radius 1 is 1.12 bits per heavy atom. The molecule has 0 saturated carbocycles. The monoisotopic (exact) mass is 342 g/mol. The number of nitrogens with zero attached hydrogens (tertiary/aromatic N) is 1. The van der Waals surface area contributed by atoms with Gasteiger partial charge in [0.05, 0.1) is 12.0 Å². The Labute approximate surface area is 141 Å². The molecule has 0 radical (unpaired) electrons. The molecular formula is C18H18N2O3S. The second kappa shape index (κ2) is 6.98. The van der Waals surface area contributed by atoms with Crippen LogP contribution in [-0.2, 0) is 22.3 Å². The normalized spacial score (nSPS) is 11.5. The number of rotatable bonds is 6. The van der Waals surface area contributed by atoms with E-state index in [1.165, 1.54) is 0 Å². The summed E-state index contributed by atoms with van der Waals surface area (Å²) in [4.78, 5) is 4.29. The van der Waals surface area contributed by atoms with Crippen LogP contribution in [0.1, 0.15) is 16.7 Å². The number of pyridine rings is 1. The summed E-state index contributed by atoms with van der Waals surface area (Å²) in [6.45, 7) is 2.10. The van der Waals surface area contributed by atoms with E-state index in [4.69, 9.17) is 4.42 Å². The molecule has 0 atom stereocenters. The molecule has 0 spiro atoms. The van der Waals surface area contributed by atoms with Crippen molar-refractivity contribution in [2.75, 3.05) is 0 Å². The number of benzene rings is 1. The average Bonchev–Trinajstić information content (AvgIpc) is 3.07. The van der Waals surface area contributed by atoms with Crippen LogP contribution in [-0.4, -0.2) is 13.4 Å². The van der Waals surface area contributed by atoms with Crippen LogP contribution in [0.5, 0.6) is 0 Å². The third-order valence-corrected chi connectivity index (χ3v) is 4.87. The molecule has 1 aromatic carbocycles. The van der Waals surface area contributed by atoms with Crippen molar-refractivity contribution in [2.24, 2.45) is 0 Å². The Morgan fingerprint density at radius 3 is 2.75 bits per heavy atom. The fourth-order valence-electron chi connectivity index (χ4n) is 2.48. The molecule has 0 bridgehead atoms. The van der Waals surface area contributed by atoms with Crippen molar-refractivity contribution < 1.29 is 12.8 Å². The summed E-state index contributed by atoms with van der Waals surface area (Å²) < 4.78 is 32.7. The largest absolute Gasteiger partial charge is 0.463 e. The van der Waals surface area contributed by atoms with Gasteiger partial charge in [-0.25, -0.2) is 13.1 Å². The molecule has 0 amide bonds. The second-order valence-electron chi connectivity index (χ2n) is 5.56. The number of nitrogens with one attached hydrogen (secondary N) is 1. The zero-order valence-electron chi connectivity index (χ0n) is 13.3. The minimum atomic E-state index is -3.44. The summed E-state index contributed by atoms with van der Waals surface area (Å²) in [7, 11) is -3.44. The molecule has 3 aromatic rings. The molecule has 3 rings (SSSR count). The molecule has 0 unspecified atom stereocenters. The lowest BCUT2D eigenvalue weighted by atomic mass is 10.1. The van der Waals surface area contributed by atoms with Gasteiger partial charge in [-0.15, -0.1) is 0 Å². The summed E-state index contributed by atoms with van der Waals surface area (Å²) in [5.74, 6) is 0.564. The molecule has 0 fully saturated rings. The first kappa shape index (κ1) is 16.4. The average molecular weight is 342 g/mol. The van der Waals surface area contributed by atoms with Crippen LogP contribution in [0.3, 0.4) is 0 Å². The molecule has 0 aliphatic rings. The van der Waals surface area contributed by atoms with Crippen LogP contribution in [0.4, 0.5) is 0 Å². The van der Waals surface area contributed by atoms with E-state index in [9.17, 15) is 8.42 Å². The predicted molar refractivity (Wildman–Crippen MR) is 92.6 cm³/mol. The van der Waals surface area contributed by atoms with E-state index in [0.29, 0.717) is 11.5 Å². The number of aromatic nitrogens is 1. The summed E-state index contributed by atoms with van der Waals surface area (Å²) >= 11 is 0. The maximum absolute atomic E-state index is 12.3. The maximum atomic E-state index is 12.3. The number of hydrogen-bond donors (Lipinski definition) is 1. The first-order valence-corrected chi connectivity index (χ1v) is 9.19. The van der Waals surface area contributed by atoms with Crippen LogP contribution in [0.25, 0.3) is 11.5 Å². The number of hydrogen-bond acceptors (Lipinski definition) is 4. The third-order valence-electron chi connectivity index (χ3n) is 3.57. The second-order valence-corrected chi connectivity index (χ2v) is 7.36. The van der Waals surface area contributed by atoms with Gasteiger partial charge in [-0.05, 0) is 36.2 Å². The van der Waals surface area contributed by atoms with E-state index in [2.05, 4.69) is 9.71 Å². The third kappa shape index (κ3) is 4.10. The Bertz CT molecular complexity index is 919. The molecule has 24 heavy (non-hydrogen) atoms. The highest BCUT2D eigenvalue weighted by molar-refractivity contribution is 7.88. The lowest BCUT2D eigenvalue weighted by Crippen LogP contribution is -2.25. The zero-order chi connectivity index (χ0) is 17.0. The molecule has 2 aromatic heterocycles.